The van der Waals surface area contributed by atoms with Crippen molar-refractivity contribution < 1.29 is 5.11 Å². The number of nitrogens with zero attached hydrogens (tertiary/aromatic N) is 3. The normalized spacial score (nSPS) is 18.2. The van der Waals surface area contributed by atoms with E-state index in [0.717, 1.165) is 41.7 Å². The van der Waals surface area contributed by atoms with Gasteiger partial charge in [0.15, 0.2) is 5.82 Å². The number of benzene rings is 2. The average Bonchev–Trinajstić information content (AvgIpc) is 2.63. The summed E-state index contributed by atoms with van der Waals surface area (Å²) >= 11 is 0. The summed E-state index contributed by atoms with van der Waals surface area (Å²) in [6.07, 6.45) is 2.33. The molecule has 2 aromatic carbocycles. The van der Waals surface area contributed by atoms with Crippen LogP contribution in [0.2, 0.25) is 0 Å². The Labute approximate surface area is 153 Å². The SMILES string of the molecule is Cc1ccc(-c2nnc(NC3CCCN(C)C3)c3ccccc23)c(O)c1. The Morgan fingerprint density at radius 3 is 2.69 bits per heavy atom. The van der Waals surface area contributed by atoms with Crippen LogP contribution in [0.5, 0.6) is 5.75 Å². The van der Waals surface area contributed by atoms with Gasteiger partial charge in [-0.25, -0.2) is 0 Å². The van der Waals surface area contributed by atoms with Crippen molar-refractivity contribution in [2.24, 2.45) is 0 Å². The Balaban J connectivity index is 1.76. The molecule has 1 aliphatic rings. The minimum Gasteiger partial charge on any atom is -0.507 e. The van der Waals surface area contributed by atoms with Crippen LogP contribution in [0.15, 0.2) is 42.5 Å². The largest absolute Gasteiger partial charge is 0.507 e. The maximum absolute atomic E-state index is 10.4. The number of hydrogen-bond acceptors (Lipinski definition) is 5. The number of anilines is 1. The minimum absolute atomic E-state index is 0.235. The van der Waals surface area contributed by atoms with Crippen molar-refractivity contribution in [3.63, 3.8) is 0 Å². The van der Waals surface area contributed by atoms with Crippen molar-refractivity contribution in [2.45, 2.75) is 25.8 Å². The zero-order valence-electron chi connectivity index (χ0n) is 15.2. The summed E-state index contributed by atoms with van der Waals surface area (Å²) in [5.41, 5.74) is 2.44. The van der Waals surface area contributed by atoms with E-state index in [1.807, 2.05) is 37.3 Å². The van der Waals surface area contributed by atoms with E-state index in [2.05, 4.69) is 33.5 Å². The maximum atomic E-state index is 10.4. The van der Waals surface area contributed by atoms with E-state index in [4.69, 9.17) is 0 Å². The van der Waals surface area contributed by atoms with E-state index in [0.29, 0.717) is 17.3 Å². The number of rotatable bonds is 3. The number of phenols is 1. The number of likely N-dealkylation sites (tertiary alicyclic amines) is 1. The van der Waals surface area contributed by atoms with Crippen LogP contribution in [0.4, 0.5) is 5.82 Å². The van der Waals surface area contributed by atoms with Crippen molar-refractivity contribution in [3.05, 3.63) is 48.0 Å². The lowest BCUT2D eigenvalue weighted by Crippen LogP contribution is -2.40. The Hall–Kier alpha value is -2.66. The molecular weight excluding hydrogens is 324 g/mol. The van der Waals surface area contributed by atoms with Crippen LogP contribution < -0.4 is 5.32 Å². The number of likely N-dealkylation sites (N-methyl/N-ethyl adjacent to an activating group) is 1. The number of aryl methyl sites for hydroxylation is 1. The Kier molecular flexibility index (Phi) is 4.47. The maximum Gasteiger partial charge on any atom is 0.156 e. The Bertz CT molecular complexity index is 940. The second-order valence-electron chi connectivity index (χ2n) is 7.21. The van der Waals surface area contributed by atoms with Gasteiger partial charge in [-0.2, -0.15) is 0 Å². The first kappa shape index (κ1) is 16.8. The number of hydrogen-bond donors (Lipinski definition) is 2. The second-order valence-corrected chi connectivity index (χ2v) is 7.21. The summed E-state index contributed by atoms with van der Waals surface area (Å²) in [7, 11) is 2.15. The van der Waals surface area contributed by atoms with Crippen LogP contribution in [0.3, 0.4) is 0 Å². The lowest BCUT2D eigenvalue weighted by Gasteiger charge is -2.30. The molecular formula is C21H24N4O. The highest BCUT2D eigenvalue weighted by Crippen LogP contribution is 2.35. The fraction of sp³-hybridized carbons (Fsp3) is 0.333. The molecule has 0 amide bonds. The minimum atomic E-state index is 0.235. The molecule has 2 N–H and O–H groups in total. The fourth-order valence-corrected chi connectivity index (χ4v) is 3.73. The first-order chi connectivity index (χ1) is 12.6. The first-order valence-corrected chi connectivity index (χ1v) is 9.12. The predicted octanol–water partition coefficient (Wildman–Crippen LogP) is 3.82. The molecule has 0 bridgehead atoms. The Morgan fingerprint density at radius 2 is 1.92 bits per heavy atom. The third kappa shape index (κ3) is 3.22. The number of fused-ring (bicyclic) bond motifs is 1. The molecule has 0 aliphatic carbocycles. The van der Waals surface area contributed by atoms with E-state index >= 15 is 0 Å². The van der Waals surface area contributed by atoms with Gasteiger partial charge in [0.2, 0.25) is 0 Å². The van der Waals surface area contributed by atoms with Crippen LogP contribution >= 0.6 is 0 Å². The molecule has 5 heteroatoms. The number of phenolic OH excluding ortho intramolecular Hbond substituents is 1. The molecule has 1 aromatic heterocycles. The third-order valence-corrected chi connectivity index (χ3v) is 5.06. The van der Waals surface area contributed by atoms with Crippen LogP contribution in [0.25, 0.3) is 22.0 Å². The molecule has 0 radical (unpaired) electrons. The Morgan fingerprint density at radius 1 is 1.12 bits per heavy atom. The van der Waals surface area contributed by atoms with Gasteiger partial charge in [-0.3, -0.25) is 0 Å². The van der Waals surface area contributed by atoms with Crippen LogP contribution in [-0.2, 0) is 0 Å². The molecule has 1 fully saturated rings. The summed E-state index contributed by atoms with van der Waals surface area (Å²) in [5.74, 6) is 1.05. The van der Waals surface area contributed by atoms with Gasteiger partial charge in [0, 0.05) is 28.9 Å². The summed E-state index contributed by atoms with van der Waals surface area (Å²) in [5, 5.41) is 24.9. The van der Waals surface area contributed by atoms with Gasteiger partial charge in [0.05, 0.1) is 0 Å². The highest BCUT2D eigenvalue weighted by Gasteiger charge is 2.20. The van der Waals surface area contributed by atoms with Crippen molar-refractivity contribution in [3.8, 4) is 17.0 Å². The standard InChI is InChI=1S/C21H24N4O/c1-14-9-10-18(19(26)12-14)20-16-7-3-4-8-17(16)21(24-23-20)22-15-6-5-11-25(2)13-15/h3-4,7-10,12,15,26H,5-6,11,13H2,1-2H3,(H,22,24). The number of aromatic hydroxyl groups is 1. The van der Waals surface area contributed by atoms with Gasteiger partial charge in [0.25, 0.3) is 0 Å². The smallest absolute Gasteiger partial charge is 0.156 e. The molecule has 2 heterocycles. The highest BCUT2D eigenvalue weighted by molar-refractivity contribution is 6.00. The van der Waals surface area contributed by atoms with Crippen LogP contribution in [0, 0.1) is 6.92 Å². The van der Waals surface area contributed by atoms with E-state index < -0.39 is 0 Å². The summed E-state index contributed by atoms with van der Waals surface area (Å²) < 4.78 is 0. The number of nitrogens with one attached hydrogen (secondary N) is 1. The zero-order valence-corrected chi connectivity index (χ0v) is 15.2. The van der Waals surface area contributed by atoms with Crippen molar-refractivity contribution in [2.75, 3.05) is 25.5 Å². The molecule has 1 aliphatic heterocycles. The van der Waals surface area contributed by atoms with Crippen molar-refractivity contribution in [1.82, 2.24) is 15.1 Å². The average molecular weight is 348 g/mol. The van der Waals surface area contributed by atoms with Crippen LogP contribution in [-0.4, -0.2) is 46.4 Å². The van der Waals surface area contributed by atoms with Gasteiger partial charge < -0.3 is 15.3 Å². The van der Waals surface area contributed by atoms with Gasteiger partial charge >= 0.3 is 0 Å². The quantitative estimate of drug-likeness (QED) is 0.753. The fourth-order valence-electron chi connectivity index (χ4n) is 3.73. The molecule has 0 saturated carbocycles. The topological polar surface area (TPSA) is 61.3 Å². The monoisotopic (exact) mass is 348 g/mol. The first-order valence-electron chi connectivity index (χ1n) is 9.12. The molecule has 134 valence electrons. The van der Waals surface area contributed by atoms with E-state index in [1.54, 1.807) is 6.07 Å². The van der Waals surface area contributed by atoms with Gasteiger partial charge in [-0.05, 0) is 51.1 Å². The molecule has 1 unspecified atom stereocenters. The van der Waals surface area contributed by atoms with Crippen molar-refractivity contribution in [1.29, 1.82) is 0 Å². The van der Waals surface area contributed by atoms with E-state index in [-0.39, 0.29) is 5.75 Å². The summed E-state index contributed by atoms with van der Waals surface area (Å²) in [4.78, 5) is 2.34. The lowest BCUT2D eigenvalue weighted by molar-refractivity contribution is 0.261. The van der Waals surface area contributed by atoms with Crippen molar-refractivity contribution >= 4 is 16.6 Å². The molecule has 3 aromatic rings. The zero-order chi connectivity index (χ0) is 18.1. The number of piperidine rings is 1. The molecule has 4 rings (SSSR count). The predicted molar refractivity (Wildman–Crippen MR) is 106 cm³/mol. The second kappa shape index (κ2) is 6.92. The number of aromatic nitrogens is 2. The summed E-state index contributed by atoms with van der Waals surface area (Å²) in [6.45, 7) is 4.12. The molecule has 1 saturated heterocycles. The van der Waals surface area contributed by atoms with Gasteiger partial charge in [-0.1, -0.05) is 30.3 Å². The van der Waals surface area contributed by atoms with Crippen LogP contribution in [0.1, 0.15) is 18.4 Å². The van der Waals surface area contributed by atoms with E-state index in [9.17, 15) is 5.11 Å². The third-order valence-electron chi connectivity index (χ3n) is 5.06. The lowest BCUT2D eigenvalue weighted by atomic mass is 10.0. The molecule has 1 atom stereocenters. The summed E-state index contributed by atoms with van der Waals surface area (Å²) in [6, 6.07) is 14.1. The molecule has 0 spiro atoms. The van der Waals surface area contributed by atoms with E-state index in [1.165, 1.54) is 6.42 Å². The highest BCUT2D eigenvalue weighted by atomic mass is 16.3. The molecule has 26 heavy (non-hydrogen) atoms. The van der Waals surface area contributed by atoms with Gasteiger partial charge in [-0.15, -0.1) is 10.2 Å². The van der Waals surface area contributed by atoms with Gasteiger partial charge in [0.1, 0.15) is 11.4 Å². The molecule has 5 nitrogen and oxygen atoms in total.